The van der Waals surface area contributed by atoms with Gasteiger partial charge in [0.1, 0.15) is 5.03 Å². The molecule has 0 bridgehead atoms. The first-order valence-electron chi connectivity index (χ1n) is 5.50. The third-order valence-electron chi connectivity index (χ3n) is 2.58. The molecule has 1 aliphatic rings. The summed E-state index contributed by atoms with van der Waals surface area (Å²) in [7, 11) is 0. The molecule has 0 amide bonds. The maximum absolute atomic E-state index is 11.6. The number of ether oxygens (including phenoxy) is 2. The SMILES string of the molecule is C=C1/C(=C(\Cl)C(=O)OCC)CC1(Cl)C(=O)OCC. The van der Waals surface area contributed by atoms with Crippen molar-refractivity contribution in [3.8, 4) is 0 Å². The standard InChI is InChI=1S/C12H14Cl2O4/c1-4-17-10(15)9(13)8-6-12(14,7(8)3)11(16)18-5-2/h3-6H2,1-2H3/b9-8-. The van der Waals surface area contributed by atoms with Crippen LogP contribution in [0.1, 0.15) is 20.3 Å². The lowest BCUT2D eigenvalue weighted by Crippen LogP contribution is -2.45. The summed E-state index contributed by atoms with van der Waals surface area (Å²) in [6.45, 7) is 7.48. The molecular weight excluding hydrogens is 279 g/mol. The Hall–Kier alpha value is -1.00. The fraction of sp³-hybridized carbons (Fsp3) is 0.500. The molecule has 0 aromatic carbocycles. The third-order valence-corrected chi connectivity index (χ3v) is 3.48. The van der Waals surface area contributed by atoms with Crippen LogP contribution in [0, 0.1) is 0 Å². The largest absolute Gasteiger partial charge is 0.464 e. The van der Waals surface area contributed by atoms with Crippen LogP contribution < -0.4 is 0 Å². The van der Waals surface area contributed by atoms with Crippen molar-refractivity contribution in [3.63, 3.8) is 0 Å². The summed E-state index contributed by atoms with van der Waals surface area (Å²) in [6, 6.07) is 0. The van der Waals surface area contributed by atoms with Gasteiger partial charge in [-0.2, -0.15) is 0 Å². The number of hydrogen-bond donors (Lipinski definition) is 0. The number of rotatable bonds is 4. The van der Waals surface area contributed by atoms with E-state index < -0.39 is 16.8 Å². The number of allylic oxidation sites excluding steroid dienone is 1. The maximum atomic E-state index is 11.6. The van der Waals surface area contributed by atoms with Gasteiger partial charge in [0.15, 0.2) is 4.87 Å². The topological polar surface area (TPSA) is 52.6 Å². The average Bonchev–Trinajstić information content (AvgIpc) is 2.34. The van der Waals surface area contributed by atoms with E-state index in [4.69, 9.17) is 32.7 Å². The van der Waals surface area contributed by atoms with E-state index in [1.807, 2.05) is 0 Å². The molecule has 0 radical (unpaired) electrons. The van der Waals surface area contributed by atoms with E-state index in [0.717, 1.165) is 0 Å². The summed E-state index contributed by atoms with van der Waals surface area (Å²) in [5, 5.41) is -0.0811. The number of carbonyl (C=O) groups is 2. The second-order valence-corrected chi connectivity index (χ2v) is 4.71. The van der Waals surface area contributed by atoms with Crippen LogP contribution in [-0.2, 0) is 19.1 Å². The summed E-state index contributed by atoms with van der Waals surface area (Å²) >= 11 is 11.9. The lowest BCUT2D eigenvalue weighted by atomic mass is 9.74. The Morgan fingerprint density at radius 1 is 1.33 bits per heavy atom. The first-order valence-corrected chi connectivity index (χ1v) is 6.25. The molecule has 0 aromatic rings. The van der Waals surface area contributed by atoms with Crippen LogP contribution >= 0.6 is 23.2 Å². The first-order chi connectivity index (χ1) is 8.38. The van der Waals surface area contributed by atoms with Crippen LogP contribution in [0.15, 0.2) is 22.8 Å². The quantitative estimate of drug-likeness (QED) is 0.454. The smallest absolute Gasteiger partial charge is 0.350 e. The van der Waals surface area contributed by atoms with Crippen molar-refractivity contribution in [2.45, 2.75) is 25.1 Å². The Kier molecular flexibility index (Phi) is 4.82. The van der Waals surface area contributed by atoms with Gasteiger partial charge in [0.25, 0.3) is 0 Å². The Bertz CT molecular complexity index is 428. The van der Waals surface area contributed by atoms with E-state index in [2.05, 4.69) is 6.58 Å². The van der Waals surface area contributed by atoms with Crippen LogP contribution in [0.3, 0.4) is 0 Å². The molecule has 0 N–H and O–H groups in total. The molecule has 100 valence electrons. The molecule has 0 spiro atoms. The van der Waals surface area contributed by atoms with E-state index in [1.165, 1.54) is 0 Å². The summed E-state index contributed by atoms with van der Waals surface area (Å²) in [4.78, 5) is 21.7. The predicted octanol–water partition coefficient (Wildman–Crippen LogP) is 2.54. The van der Waals surface area contributed by atoms with Gasteiger partial charge in [0.2, 0.25) is 0 Å². The van der Waals surface area contributed by atoms with Gasteiger partial charge in [0.05, 0.1) is 13.2 Å². The van der Waals surface area contributed by atoms with Crippen molar-refractivity contribution in [1.82, 2.24) is 0 Å². The average molecular weight is 293 g/mol. The molecule has 18 heavy (non-hydrogen) atoms. The van der Waals surface area contributed by atoms with E-state index >= 15 is 0 Å². The van der Waals surface area contributed by atoms with Gasteiger partial charge in [-0.1, -0.05) is 18.2 Å². The molecule has 0 heterocycles. The second kappa shape index (κ2) is 5.76. The fourth-order valence-corrected chi connectivity index (χ4v) is 2.10. The molecule has 1 saturated carbocycles. The van der Waals surface area contributed by atoms with Crippen molar-refractivity contribution >= 4 is 35.1 Å². The highest BCUT2D eigenvalue weighted by atomic mass is 35.5. The van der Waals surface area contributed by atoms with Gasteiger partial charge >= 0.3 is 11.9 Å². The molecule has 1 atom stereocenters. The van der Waals surface area contributed by atoms with E-state index in [0.29, 0.717) is 11.1 Å². The van der Waals surface area contributed by atoms with Gasteiger partial charge < -0.3 is 9.47 Å². The monoisotopic (exact) mass is 292 g/mol. The zero-order chi connectivity index (χ0) is 13.9. The number of alkyl halides is 1. The third kappa shape index (κ3) is 2.54. The molecule has 1 fully saturated rings. The van der Waals surface area contributed by atoms with Crippen molar-refractivity contribution in [2.75, 3.05) is 13.2 Å². The van der Waals surface area contributed by atoms with Gasteiger partial charge in [-0.25, -0.2) is 9.59 Å². The van der Waals surface area contributed by atoms with Crippen molar-refractivity contribution in [1.29, 1.82) is 0 Å². The van der Waals surface area contributed by atoms with E-state index in [1.54, 1.807) is 13.8 Å². The number of esters is 2. The Morgan fingerprint density at radius 2 is 1.89 bits per heavy atom. The van der Waals surface area contributed by atoms with Crippen LogP contribution in [0.4, 0.5) is 0 Å². The highest BCUT2D eigenvalue weighted by Crippen LogP contribution is 2.50. The van der Waals surface area contributed by atoms with Gasteiger partial charge in [0, 0.05) is 6.42 Å². The van der Waals surface area contributed by atoms with Crippen molar-refractivity contribution in [3.05, 3.63) is 22.8 Å². The van der Waals surface area contributed by atoms with Crippen LogP contribution in [0.5, 0.6) is 0 Å². The summed E-state index contributed by atoms with van der Waals surface area (Å²) in [5.74, 6) is -1.22. The van der Waals surface area contributed by atoms with Crippen LogP contribution in [0.25, 0.3) is 0 Å². The summed E-state index contributed by atoms with van der Waals surface area (Å²) in [6.07, 6.45) is 0.115. The molecule has 1 unspecified atom stereocenters. The van der Waals surface area contributed by atoms with Crippen LogP contribution in [-0.4, -0.2) is 30.0 Å². The number of hydrogen-bond acceptors (Lipinski definition) is 4. The van der Waals surface area contributed by atoms with Crippen LogP contribution in [0.2, 0.25) is 0 Å². The maximum Gasteiger partial charge on any atom is 0.350 e. The molecular formula is C12H14Cl2O4. The number of carbonyl (C=O) groups excluding carboxylic acids is 2. The molecule has 0 saturated heterocycles. The summed E-state index contributed by atoms with van der Waals surface area (Å²) < 4.78 is 9.60. The van der Waals surface area contributed by atoms with Gasteiger partial charge in [-0.15, -0.1) is 11.6 Å². The molecule has 1 rings (SSSR count). The highest BCUT2D eigenvalue weighted by Gasteiger charge is 2.52. The van der Waals surface area contributed by atoms with Crippen molar-refractivity contribution in [2.24, 2.45) is 0 Å². The Morgan fingerprint density at radius 3 is 2.33 bits per heavy atom. The summed E-state index contributed by atoms with van der Waals surface area (Å²) in [5.41, 5.74) is 0.735. The lowest BCUT2D eigenvalue weighted by Gasteiger charge is -2.38. The Labute approximate surface area is 116 Å². The minimum absolute atomic E-state index is 0.0811. The van der Waals surface area contributed by atoms with Gasteiger partial charge in [-0.05, 0) is 25.0 Å². The zero-order valence-electron chi connectivity index (χ0n) is 10.2. The second-order valence-electron chi connectivity index (χ2n) is 3.69. The normalized spacial score (nSPS) is 25.2. The molecule has 6 heteroatoms. The first kappa shape index (κ1) is 15.1. The number of halogens is 2. The van der Waals surface area contributed by atoms with E-state index in [9.17, 15) is 9.59 Å². The minimum atomic E-state index is -1.31. The molecule has 0 aromatic heterocycles. The minimum Gasteiger partial charge on any atom is -0.464 e. The molecule has 0 aliphatic heterocycles. The predicted molar refractivity (Wildman–Crippen MR) is 68.5 cm³/mol. The lowest BCUT2D eigenvalue weighted by molar-refractivity contribution is -0.146. The van der Waals surface area contributed by atoms with E-state index in [-0.39, 0.29) is 24.7 Å². The zero-order valence-corrected chi connectivity index (χ0v) is 11.7. The van der Waals surface area contributed by atoms with Crippen molar-refractivity contribution < 1.29 is 19.1 Å². The Balaban J connectivity index is 2.84. The highest BCUT2D eigenvalue weighted by molar-refractivity contribution is 6.44. The van der Waals surface area contributed by atoms with Gasteiger partial charge in [-0.3, -0.25) is 0 Å². The molecule has 4 nitrogen and oxygen atoms in total. The fourth-order valence-electron chi connectivity index (χ4n) is 1.56. The molecule has 1 aliphatic carbocycles.